The summed E-state index contributed by atoms with van der Waals surface area (Å²) in [6.07, 6.45) is 0. The maximum absolute atomic E-state index is 11.5. The first kappa shape index (κ1) is 24.2. The minimum Gasteiger partial charge on any atom is -0.459 e. The van der Waals surface area contributed by atoms with Crippen molar-refractivity contribution in [2.45, 2.75) is 6.61 Å². The standard InChI is InChI=1S/C20H31NO7/c1-21-7-8-23-9-10-24-11-12-25-13-14-26-15-16-27-18-20(22)28-17-19-5-3-2-4-6-19/h2-6H,1,7-18H2. The molecule has 0 saturated carbocycles. The third-order valence-electron chi connectivity index (χ3n) is 3.34. The number of hydrogen-bond donors (Lipinski definition) is 0. The van der Waals surface area contributed by atoms with Crippen molar-refractivity contribution in [3.63, 3.8) is 0 Å². The Bertz CT molecular complexity index is 499. The van der Waals surface area contributed by atoms with Gasteiger partial charge in [-0.3, -0.25) is 4.99 Å². The van der Waals surface area contributed by atoms with Crippen LogP contribution in [0.1, 0.15) is 5.56 Å². The lowest BCUT2D eigenvalue weighted by molar-refractivity contribution is -0.150. The van der Waals surface area contributed by atoms with Gasteiger partial charge < -0.3 is 28.4 Å². The quantitative estimate of drug-likeness (QED) is 0.199. The van der Waals surface area contributed by atoms with Gasteiger partial charge in [0.25, 0.3) is 0 Å². The Morgan fingerprint density at radius 2 is 1.25 bits per heavy atom. The summed E-state index contributed by atoms with van der Waals surface area (Å²) >= 11 is 0. The molecular weight excluding hydrogens is 366 g/mol. The lowest BCUT2D eigenvalue weighted by atomic mass is 10.2. The van der Waals surface area contributed by atoms with Gasteiger partial charge in [0.05, 0.1) is 66.0 Å². The number of carbonyl (C=O) groups excluding carboxylic acids is 1. The average Bonchev–Trinajstić information content (AvgIpc) is 2.72. The second kappa shape index (κ2) is 18.5. The molecule has 8 nitrogen and oxygen atoms in total. The number of hydrogen-bond acceptors (Lipinski definition) is 8. The lowest BCUT2D eigenvalue weighted by Crippen LogP contribution is -2.16. The first-order valence-corrected chi connectivity index (χ1v) is 9.33. The van der Waals surface area contributed by atoms with Crippen molar-refractivity contribution in [1.82, 2.24) is 0 Å². The van der Waals surface area contributed by atoms with Crippen molar-refractivity contribution in [1.29, 1.82) is 0 Å². The monoisotopic (exact) mass is 397 g/mol. The van der Waals surface area contributed by atoms with Crippen LogP contribution in [0, 0.1) is 0 Å². The van der Waals surface area contributed by atoms with Gasteiger partial charge in [-0.25, -0.2) is 4.79 Å². The molecule has 0 atom stereocenters. The van der Waals surface area contributed by atoms with Crippen LogP contribution in [-0.2, 0) is 39.8 Å². The van der Waals surface area contributed by atoms with Gasteiger partial charge in [0.1, 0.15) is 13.2 Å². The Labute approximate surface area is 166 Å². The molecule has 1 aromatic rings. The highest BCUT2D eigenvalue weighted by Crippen LogP contribution is 2.00. The Hall–Kier alpha value is -1.84. The number of carbonyl (C=O) groups is 1. The van der Waals surface area contributed by atoms with Crippen LogP contribution in [0.4, 0.5) is 0 Å². The second-order valence-electron chi connectivity index (χ2n) is 5.60. The number of nitrogens with zero attached hydrogens (tertiary/aromatic N) is 1. The zero-order chi connectivity index (χ0) is 20.1. The van der Waals surface area contributed by atoms with Gasteiger partial charge in [0.15, 0.2) is 0 Å². The Morgan fingerprint density at radius 3 is 1.79 bits per heavy atom. The van der Waals surface area contributed by atoms with Gasteiger partial charge >= 0.3 is 5.97 Å². The highest BCUT2D eigenvalue weighted by molar-refractivity contribution is 5.70. The van der Waals surface area contributed by atoms with Crippen molar-refractivity contribution >= 4 is 12.7 Å². The van der Waals surface area contributed by atoms with E-state index in [-0.39, 0.29) is 13.2 Å². The molecule has 0 aliphatic carbocycles. The van der Waals surface area contributed by atoms with Crippen molar-refractivity contribution in [3.8, 4) is 0 Å². The Kier molecular flexibility index (Phi) is 16.0. The van der Waals surface area contributed by atoms with Crippen LogP contribution >= 0.6 is 0 Å². The molecule has 1 aromatic carbocycles. The summed E-state index contributed by atoms with van der Waals surface area (Å²) in [5.74, 6) is -0.394. The van der Waals surface area contributed by atoms with E-state index in [1.807, 2.05) is 30.3 Å². The normalized spacial score (nSPS) is 10.7. The summed E-state index contributed by atoms with van der Waals surface area (Å²) < 4.78 is 31.6. The zero-order valence-corrected chi connectivity index (χ0v) is 16.4. The van der Waals surface area contributed by atoms with Crippen LogP contribution in [0.3, 0.4) is 0 Å². The van der Waals surface area contributed by atoms with Gasteiger partial charge in [-0.1, -0.05) is 30.3 Å². The smallest absolute Gasteiger partial charge is 0.332 e. The van der Waals surface area contributed by atoms with E-state index in [0.29, 0.717) is 66.0 Å². The lowest BCUT2D eigenvalue weighted by Gasteiger charge is -2.08. The van der Waals surface area contributed by atoms with Crippen LogP contribution < -0.4 is 0 Å². The van der Waals surface area contributed by atoms with Gasteiger partial charge in [-0.05, 0) is 12.3 Å². The molecule has 0 heterocycles. The topological polar surface area (TPSA) is 84.8 Å². The van der Waals surface area contributed by atoms with Crippen LogP contribution in [0.2, 0.25) is 0 Å². The summed E-state index contributed by atoms with van der Waals surface area (Å²) in [6, 6.07) is 9.50. The molecule has 1 rings (SSSR count). The summed E-state index contributed by atoms with van der Waals surface area (Å²) in [7, 11) is 0. The van der Waals surface area contributed by atoms with Gasteiger partial charge in [-0.15, -0.1) is 0 Å². The number of ether oxygens (including phenoxy) is 6. The largest absolute Gasteiger partial charge is 0.459 e. The highest BCUT2D eigenvalue weighted by Gasteiger charge is 2.03. The van der Waals surface area contributed by atoms with Crippen LogP contribution in [0.25, 0.3) is 0 Å². The molecule has 0 aromatic heterocycles. The minimum atomic E-state index is -0.394. The molecule has 0 unspecified atom stereocenters. The van der Waals surface area contributed by atoms with Gasteiger partial charge in [0, 0.05) is 0 Å². The first-order valence-electron chi connectivity index (χ1n) is 9.33. The molecule has 0 spiro atoms. The molecule has 0 aliphatic rings. The fraction of sp³-hybridized carbons (Fsp3) is 0.600. The van der Waals surface area contributed by atoms with E-state index in [9.17, 15) is 4.79 Å². The zero-order valence-electron chi connectivity index (χ0n) is 16.4. The van der Waals surface area contributed by atoms with Crippen molar-refractivity contribution in [2.24, 2.45) is 4.99 Å². The number of aliphatic imine (C=N–C) groups is 1. The number of rotatable bonds is 19. The van der Waals surface area contributed by atoms with Crippen molar-refractivity contribution in [3.05, 3.63) is 35.9 Å². The van der Waals surface area contributed by atoms with E-state index in [1.165, 1.54) is 0 Å². The molecule has 0 bridgehead atoms. The molecular formula is C20H31NO7. The molecule has 0 N–H and O–H groups in total. The summed E-state index contributed by atoms with van der Waals surface area (Å²) in [4.78, 5) is 15.2. The van der Waals surface area contributed by atoms with Crippen LogP contribution in [0.15, 0.2) is 35.3 Å². The van der Waals surface area contributed by atoms with Crippen LogP contribution in [0.5, 0.6) is 0 Å². The summed E-state index contributed by atoms with van der Waals surface area (Å²) in [5, 5.41) is 0. The predicted octanol–water partition coefficient (Wildman–Crippen LogP) is 1.51. The van der Waals surface area contributed by atoms with E-state index in [2.05, 4.69) is 11.7 Å². The van der Waals surface area contributed by atoms with E-state index in [4.69, 9.17) is 28.4 Å². The predicted molar refractivity (Wildman–Crippen MR) is 105 cm³/mol. The number of benzene rings is 1. The SMILES string of the molecule is C=NCCOCCOCCOCCOCCOCC(=O)OCc1ccccc1. The first-order chi connectivity index (χ1) is 13.8. The maximum Gasteiger partial charge on any atom is 0.332 e. The van der Waals surface area contributed by atoms with E-state index in [1.54, 1.807) is 0 Å². The highest BCUT2D eigenvalue weighted by atomic mass is 16.6. The summed E-state index contributed by atoms with van der Waals surface area (Å²) in [6.45, 7) is 8.44. The molecule has 0 fully saturated rings. The van der Waals surface area contributed by atoms with E-state index >= 15 is 0 Å². The maximum atomic E-state index is 11.5. The molecule has 0 radical (unpaired) electrons. The molecule has 0 amide bonds. The molecule has 28 heavy (non-hydrogen) atoms. The third-order valence-corrected chi connectivity index (χ3v) is 3.34. The van der Waals surface area contributed by atoms with Gasteiger partial charge in [0.2, 0.25) is 0 Å². The Balaban J connectivity index is 1.76. The fourth-order valence-corrected chi connectivity index (χ4v) is 1.94. The fourth-order valence-electron chi connectivity index (χ4n) is 1.94. The van der Waals surface area contributed by atoms with Crippen molar-refractivity contribution < 1.29 is 33.2 Å². The van der Waals surface area contributed by atoms with Gasteiger partial charge in [-0.2, -0.15) is 0 Å². The third kappa shape index (κ3) is 15.2. The molecule has 8 heteroatoms. The number of esters is 1. The minimum absolute atomic E-state index is 0.0855. The summed E-state index contributed by atoms with van der Waals surface area (Å²) in [5.41, 5.74) is 0.944. The van der Waals surface area contributed by atoms with Crippen molar-refractivity contribution in [2.75, 3.05) is 72.6 Å². The average molecular weight is 397 g/mol. The van der Waals surface area contributed by atoms with E-state index < -0.39 is 5.97 Å². The van der Waals surface area contributed by atoms with E-state index in [0.717, 1.165) is 5.56 Å². The second-order valence-corrected chi connectivity index (χ2v) is 5.60. The van der Waals surface area contributed by atoms with Crippen LogP contribution in [-0.4, -0.2) is 85.3 Å². The molecule has 158 valence electrons. The molecule has 0 saturated heterocycles. The Morgan fingerprint density at radius 1 is 0.750 bits per heavy atom. The molecule has 0 aliphatic heterocycles.